The first kappa shape index (κ1) is 15.8. The number of methoxy groups -OCH3 is 1. The maximum absolute atomic E-state index is 12.6. The number of hydrogen-bond acceptors (Lipinski definition) is 3. The molecule has 1 aliphatic rings. The molecule has 0 radical (unpaired) electrons. The monoisotopic (exact) mass is 317 g/mol. The molecule has 2 rings (SSSR count). The molecule has 1 aromatic carbocycles. The van der Waals surface area contributed by atoms with Gasteiger partial charge in [-0.25, -0.2) is 8.42 Å². The molecule has 1 saturated heterocycles. The second-order valence-electron chi connectivity index (χ2n) is 5.18. The number of halogens is 1. The minimum absolute atomic E-state index is 0.0411. The lowest BCUT2D eigenvalue weighted by Crippen LogP contribution is -2.46. The summed E-state index contributed by atoms with van der Waals surface area (Å²) >= 11 is 5.72. The Labute approximate surface area is 125 Å². The fourth-order valence-electron chi connectivity index (χ4n) is 2.43. The third-order valence-corrected chi connectivity index (χ3v) is 6.06. The number of piperidine rings is 1. The highest BCUT2D eigenvalue weighted by atomic mass is 35.5. The van der Waals surface area contributed by atoms with Crippen molar-refractivity contribution in [1.82, 2.24) is 4.31 Å². The molecule has 1 aliphatic heterocycles. The average molecular weight is 318 g/mol. The third kappa shape index (κ3) is 3.17. The Morgan fingerprint density at radius 2 is 2.00 bits per heavy atom. The summed E-state index contributed by atoms with van der Waals surface area (Å²) in [6, 6.07) is 6.74. The van der Waals surface area contributed by atoms with E-state index in [1.807, 2.05) is 0 Å². The van der Waals surface area contributed by atoms with E-state index in [4.69, 9.17) is 16.3 Å². The predicted molar refractivity (Wildman–Crippen MR) is 79.3 cm³/mol. The van der Waals surface area contributed by atoms with Gasteiger partial charge in [-0.2, -0.15) is 4.31 Å². The largest absolute Gasteiger partial charge is 0.380 e. The van der Waals surface area contributed by atoms with E-state index < -0.39 is 10.0 Å². The number of sulfonamides is 1. The van der Waals surface area contributed by atoms with Crippen LogP contribution in [-0.4, -0.2) is 39.0 Å². The second kappa shape index (κ2) is 6.43. The molecule has 1 fully saturated rings. The first-order valence-corrected chi connectivity index (χ1v) is 8.64. The molecule has 1 heterocycles. The highest BCUT2D eigenvalue weighted by molar-refractivity contribution is 7.89. The molecule has 6 heteroatoms. The number of ether oxygens (including phenoxy) is 1. The van der Waals surface area contributed by atoms with Gasteiger partial charge in [-0.05, 0) is 30.0 Å². The Bertz CT molecular complexity index is 544. The molecule has 0 saturated carbocycles. The van der Waals surface area contributed by atoms with Crippen molar-refractivity contribution in [2.45, 2.75) is 30.2 Å². The lowest BCUT2D eigenvalue weighted by molar-refractivity contribution is 0.0184. The van der Waals surface area contributed by atoms with Crippen LogP contribution in [0.4, 0.5) is 0 Å². The number of rotatable bonds is 4. The second-order valence-corrected chi connectivity index (χ2v) is 7.39. The van der Waals surface area contributed by atoms with Gasteiger partial charge in [0.15, 0.2) is 0 Å². The van der Waals surface area contributed by atoms with Crippen LogP contribution < -0.4 is 0 Å². The number of hydrogen-bond donors (Lipinski definition) is 0. The molecule has 0 bridgehead atoms. The van der Waals surface area contributed by atoms with Gasteiger partial charge in [-0.3, -0.25) is 0 Å². The fourth-order valence-corrected chi connectivity index (χ4v) is 4.08. The van der Waals surface area contributed by atoms with Crippen molar-refractivity contribution < 1.29 is 13.2 Å². The van der Waals surface area contributed by atoms with E-state index in [1.54, 1.807) is 31.4 Å². The lowest BCUT2D eigenvalue weighted by Gasteiger charge is -2.35. The Kier molecular flexibility index (Phi) is 5.07. The molecule has 2 atom stereocenters. The predicted octanol–water partition coefficient (Wildman–Crippen LogP) is 2.47. The van der Waals surface area contributed by atoms with Crippen molar-refractivity contribution in [3.63, 3.8) is 0 Å². The molecule has 112 valence electrons. The molecule has 1 aromatic rings. The first-order chi connectivity index (χ1) is 9.48. The molecule has 0 spiro atoms. The molecule has 0 aliphatic carbocycles. The number of benzene rings is 1. The summed E-state index contributed by atoms with van der Waals surface area (Å²) < 4.78 is 32.1. The summed E-state index contributed by atoms with van der Waals surface area (Å²) in [6.07, 6.45) is 0.776. The first-order valence-electron chi connectivity index (χ1n) is 6.67. The fraction of sp³-hybridized carbons (Fsp3) is 0.571. The van der Waals surface area contributed by atoms with Gasteiger partial charge in [-0.15, -0.1) is 11.6 Å². The topological polar surface area (TPSA) is 46.6 Å². The zero-order chi connectivity index (χ0) is 14.8. The SMILES string of the molecule is COC1CN(S(=O)(=O)c2ccc(CCl)cc2)CCC1C. The van der Waals surface area contributed by atoms with Gasteiger partial charge in [0.1, 0.15) is 0 Å². The maximum atomic E-state index is 12.6. The zero-order valence-electron chi connectivity index (χ0n) is 11.8. The summed E-state index contributed by atoms with van der Waals surface area (Å²) in [5.41, 5.74) is 0.910. The van der Waals surface area contributed by atoms with Crippen molar-refractivity contribution in [2.75, 3.05) is 20.2 Å². The van der Waals surface area contributed by atoms with Crippen molar-refractivity contribution in [3.8, 4) is 0 Å². The number of alkyl halides is 1. The van der Waals surface area contributed by atoms with Gasteiger partial charge in [0.25, 0.3) is 0 Å². The standard InChI is InChI=1S/C14H20ClNO3S/c1-11-7-8-16(10-14(11)19-2)20(17,18)13-5-3-12(9-15)4-6-13/h3-6,11,14H,7-10H2,1-2H3. The summed E-state index contributed by atoms with van der Waals surface area (Å²) in [6.45, 7) is 3.05. The van der Waals surface area contributed by atoms with Gasteiger partial charge in [-0.1, -0.05) is 19.1 Å². The zero-order valence-corrected chi connectivity index (χ0v) is 13.3. The van der Waals surface area contributed by atoms with Gasteiger partial charge in [0.05, 0.1) is 11.0 Å². The van der Waals surface area contributed by atoms with Crippen LogP contribution >= 0.6 is 11.6 Å². The molecular formula is C14H20ClNO3S. The molecule has 0 N–H and O–H groups in total. The average Bonchev–Trinajstić information content (AvgIpc) is 2.47. The molecule has 0 amide bonds. The van der Waals surface area contributed by atoms with Crippen LogP contribution in [0, 0.1) is 5.92 Å². The summed E-state index contributed by atoms with van der Waals surface area (Å²) in [7, 11) is -1.81. The van der Waals surface area contributed by atoms with E-state index in [-0.39, 0.29) is 6.10 Å². The van der Waals surface area contributed by atoms with Crippen LogP contribution in [0.1, 0.15) is 18.9 Å². The highest BCUT2D eigenvalue weighted by Gasteiger charge is 2.33. The van der Waals surface area contributed by atoms with Gasteiger partial charge in [0, 0.05) is 26.1 Å². The van der Waals surface area contributed by atoms with Crippen LogP contribution in [0.15, 0.2) is 29.2 Å². The van der Waals surface area contributed by atoms with Crippen molar-refractivity contribution in [2.24, 2.45) is 5.92 Å². The van der Waals surface area contributed by atoms with Crippen molar-refractivity contribution >= 4 is 21.6 Å². The van der Waals surface area contributed by atoms with Crippen LogP contribution in [0.5, 0.6) is 0 Å². The van der Waals surface area contributed by atoms with Gasteiger partial charge >= 0.3 is 0 Å². The Hall–Kier alpha value is -0.620. The van der Waals surface area contributed by atoms with E-state index in [0.717, 1.165) is 12.0 Å². The van der Waals surface area contributed by atoms with E-state index in [0.29, 0.717) is 29.8 Å². The van der Waals surface area contributed by atoms with E-state index in [1.165, 1.54) is 4.31 Å². The van der Waals surface area contributed by atoms with Crippen LogP contribution in [0.25, 0.3) is 0 Å². The number of nitrogens with zero attached hydrogens (tertiary/aromatic N) is 1. The minimum Gasteiger partial charge on any atom is -0.380 e. The molecule has 0 aromatic heterocycles. The van der Waals surface area contributed by atoms with Crippen LogP contribution in [-0.2, 0) is 20.6 Å². The normalized spacial score (nSPS) is 24.8. The van der Waals surface area contributed by atoms with Crippen molar-refractivity contribution in [3.05, 3.63) is 29.8 Å². The molecule has 4 nitrogen and oxygen atoms in total. The van der Waals surface area contributed by atoms with Crippen LogP contribution in [0.2, 0.25) is 0 Å². The third-order valence-electron chi connectivity index (χ3n) is 3.87. The molecule has 2 unspecified atom stereocenters. The Balaban J connectivity index is 2.21. The minimum atomic E-state index is -3.44. The smallest absolute Gasteiger partial charge is 0.243 e. The van der Waals surface area contributed by atoms with E-state index >= 15 is 0 Å². The Morgan fingerprint density at radius 3 is 2.55 bits per heavy atom. The van der Waals surface area contributed by atoms with E-state index in [2.05, 4.69) is 6.92 Å². The quantitative estimate of drug-likeness (QED) is 0.801. The van der Waals surface area contributed by atoms with Crippen molar-refractivity contribution in [1.29, 1.82) is 0 Å². The summed E-state index contributed by atoms with van der Waals surface area (Å²) in [5.74, 6) is 0.762. The highest BCUT2D eigenvalue weighted by Crippen LogP contribution is 2.25. The Morgan fingerprint density at radius 1 is 1.35 bits per heavy atom. The molecular weight excluding hydrogens is 298 g/mol. The lowest BCUT2D eigenvalue weighted by atomic mass is 9.97. The van der Waals surface area contributed by atoms with Gasteiger partial charge < -0.3 is 4.74 Å². The summed E-state index contributed by atoms with van der Waals surface area (Å²) in [5, 5.41) is 0. The maximum Gasteiger partial charge on any atom is 0.243 e. The summed E-state index contributed by atoms with van der Waals surface area (Å²) in [4.78, 5) is 0.316. The van der Waals surface area contributed by atoms with Crippen LogP contribution in [0.3, 0.4) is 0 Å². The van der Waals surface area contributed by atoms with Gasteiger partial charge in [0.2, 0.25) is 10.0 Å². The molecule has 20 heavy (non-hydrogen) atoms. The van der Waals surface area contributed by atoms with E-state index in [9.17, 15) is 8.42 Å².